The zero-order valence-corrected chi connectivity index (χ0v) is 11.9. The zero-order chi connectivity index (χ0) is 12.6. The Morgan fingerprint density at radius 3 is 3.17 bits per heavy atom. The van der Waals surface area contributed by atoms with E-state index in [1.165, 1.54) is 0 Å². The second-order valence-corrected chi connectivity index (χ2v) is 5.57. The highest BCUT2D eigenvalue weighted by molar-refractivity contribution is 7.98. The third kappa shape index (κ3) is 4.04. The first-order valence-corrected chi connectivity index (χ1v) is 7.74. The van der Waals surface area contributed by atoms with Crippen LogP contribution in [-0.2, 0) is 12.3 Å². The van der Waals surface area contributed by atoms with Crippen molar-refractivity contribution in [1.82, 2.24) is 30.5 Å². The highest BCUT2D eigenvalue weighted by Gasteiger charge is 2.07. The van der Waals surface area contributed by atoms with Gasteiger partial charge in [-0.2, -0.15) is 0 Å². The van der Waals surface area contributed by atoms with Crippen LogP contribution in [0.3, 0.4) is 0 Å². The molecule has 0 aliphatic rings. The first kappa shape index (κ1) is 13.4. The summed E-state index contributed by atoms with van der Waals surface area (Å²) in [5.41, 5.74) is 0. The molecule has 0 saturated heterocycles. The monoisotopic (exact) mass is 284 g/mol. The van der Waals surface area contributed by atoms with E-state index in [9.17, 15) is 0 Å². The normalized spacial score (nSPS) is 10.9. The summed E-state index contributed by atoms with van der Waals surface area (Å²) in [5, 5.41) is 19.0. The molecule has 0 fully saturated rings. The van der Waals surface area contributed by atoms with E-state index >= 15 is 0 Å². The number of rotatable bonds is 8. The van der Waals surface area contributed by atoms with E-state index in [1.807, 2.05) is 16.3 Å². The number of nitrogens with zero attached hydrogens (tertiary/aromatic N) is 5. The third-order valence-corrected chi connectivity index (χ3v) is 4.17. The van der Waals surface area contributed by atoms with Crippen LogP contribution in [0.1, 0.15) is 18.4 Å². The highest BCUT2D eigenvalue weighted by Crippen LogP contribution is 2.20. The summed E-state index contributed by atoms with van der Waals surface area (Å²) in [6, 6.07) is 0. The summed E-state index contributed by atoms with van der Waals surface area (Å²) in [5.74, 6) is 0.820. The Morgan fingerprint density at radius 2 is 2.39 bits per heavy atom. The smallest absolute Gasteiger partial charge is 0.209 e. The first-order valence-electron chi connectivity index (χ1n) is 5.88. The van der Waals surface area contributed by atoms with E-state index in [0.717, 1.165) is 42.0 Å². The molecule has 0 bridgehead atoms. The van der Waals surface area contributed by atoms with Crippen LogP contribution in [0.5, 0.6) is 0 Å². The Balaban J connectivity index is 1.79. The largest absolute Gasteiger partial charge is 0.315 e. The molecule has 0 atom stereocenters. The van der Waals surface area contributed by atoms with E-state index in [0.29, 0.717) is 0 Å². The Kier molecular flexibility index (Phi) is 5.56. The topological polar surface area (TPSA) is 68.5 Å². The van der Waals surface area contributed by atoms with E-state index < -0.39 is 0 Å². The number of thioether (sulfide) groups is 1. The van der Waals surface area contributed by atoms with Crippen molar-refractivity contribution in [2.75, 3.05) is 13.1 Å². The van der Waals surface area contributed by atoms with Crippen molar-refractivity contribution in [2.45, 2.75) is 30.8 Å². The van der Waals surface area contributed by atoms with Crippen LogP contribution >= 0.6 is 23.1 Å². The molecule has 8 heteroatoms. The lowest BCUT2D eigenvalue weighted by Gasteiger charge is -2.04. The van der Waals surface area contributed by atoms with Crippen LogP contribution in [-0.4, -0.2) is 38.3 Å². The summed E-state index contributed by atoms with van der Waals surface area (Å²) in [4.78, 5) is 4.24. The molecule has 1 N–H and O–H groups in total. The van der Waals surface area contributed by atoms with Crippen LogP contribution in [0.4, 0.5) is 0 Å². The molecule has 2 aromatic heterocycles. The maximum Gasteiger partial charge on any atom is 0.209 e. The van der Waals surface area contributed by atoms with Gasteiger partial charge in [-0.3, -0.25) is 0 Å². The molecule has 0 spiro atoms. The van der Waals surface area contributed by atoms with Gasteiger partial charge in [0.25, 0.3) is 0 Å². The van der Waals surface area contributed by atoms with Crippen LogP contribution in [0, 0.1) is 0 Å². The van der Waals surface area contributed by atoms with Gasteiger partial charge in [-0.25, -0.2) is 9.67 Å². The average molecular weight is 284 g/mol. The van der Waals surface area contributed by atoms with Crippen molar-refractivity contribution < 1.29 is 0 Å². The highest BCUT2D eigenvalue weighted by atomic mass is 32.2. The molecule has 0 saturated carbocycles. The van der Waals surface area contributed by atoms with E-state index in [2.05, 4.69) is 32.7 Å². The fourth-order valence-electron chi connectivity index (χ4n) is 1.38. The molecule has 0 aromatic carbocycles. The lowest BCUT2D eigenvalue weighted by Crippen LogP contribution is -2.21. The van der Waals surface area contributed by atoms with Gasteiger partial charge in [-0.05, 0) is 23.4 Å². The molecule has 0 radical (unpaired) electrons. The quantitative estimate of drug-likeness (QED) is 0.584. The molecule has 98 valence electrons. The third-order valence-electron chi connectivity index (χ3n) is 2.23. The predicted octanol–water partition coefficient (Wildman–Crippen LogP) is 1.42. The minimum Gasteiger partial charge on any atom is -0.315 e. The second kappa shape index (κ2) is 7.45. The van der Waals surface area contributed by atoms with Crippen molar-refractivity contribution >= 4 is 23.1 Å². The SMILES string of the molecule is CCCNCCn1nnnc1SCc1nccs1. The summed E-state index contributed by atoms with van der Waals surface area (Å²) in [6.45, 7) is 4.87. The Labute approximate surface area is 114 Å². The zero-order valence-electron chi connectivity index (χ0n) is 10.2. The fourth-order valence-corrected chi connectivity index (χ4v) is 2.93. The van der Waals surface area contributed by atoms with Crippen LogP contribution in [0.2, 0.25) is 0 Å². The lowest BCUT2D eigenvalue weighted by atomic mass is 10.5. The summed E-state index contributed by atoms with van der Waals surface area (Å²) in [6.07, 6.45) is 2.96. The molecule has 2 rings (SSSR count). The Hall–Kier alpha value is -0.990. The standard InChI is InChI=1S/C10H16N6S2/c1-2-3-11-4-6-16-10(13-14-15-16)18-8-9-12-5-7-17-9/h5,7,11H,2-4,6,8H2,1H3. The maximum atomic E-state index is 4.24. The number of aromatic nitrogens is 5. The van der Waals surface area contributed by atoms with Gasteiger partial charge in [0.05, 0.1) is 12.3 Å². The molecule has 6 nitrogen and oxygen atoms in total. The Bertz CT molecular complexity index is 441. The molecule has 0 aliphatic carbocycles. The Morgan fingerprint density at radius 1 is 1.44 bits per heavy atom. The van der Waals surface area contributed by atoms with Gasteiger partial charge in [-0.1, -0.05) is 18.7 Å². The van der Waals surface area contributed by atoms with Gasteiger partial charge in [0.15, 0.2) is 0 Å². The van der Waals surface area contributed by atoms with E-state index in [1.54, 1.807) is 23.1 Å². The number of hydrogen-bond acceptors (Lipinski definition) is 7. The molecule has 2 heterocycles. The van der Waals surface area contributed by atoms with Gasteiger partial charge in [0.2, 0.25) is 5.16 Å². The van der Waals surface area contributed by atoms with Gasteiger partial charge >= 0.3 is 0 Å². The van der Waals surface area contributed by atoms with Crippen molar-refractivity contribution in [2.24, 2.45) is 0 Å². The van der Waals surface area contributed by atoms with Crippen LogP contribution in [0.15, 0.2) is 16.7 Å². The number of thiazole rings is 1. The second-order valence-electron chi connectivity index (χ2n) is 3.65. The van der Waals surface area contributed by atoms with Crippen molar-refractivity contribution in [1.29, 1.82) is 0 Å². The summed E-state index contributed by atoms with van der Waals surface area (Å²) in [7, 11) is 0. The molecule has 18 heavy (non-hydrogen) atoms. The van der Waals surface area contributed by atoms with Crippen molar-refractivity contribution in [3.63, 3.8) is 0 Å². The molecule has 2 aromatic rings. The van der Waals surface area contributed by atoms with Crippen LogP contribution < -0.4 is 5.32 Å². The van der Waals surface area contributed by atoms with Crippen molar-refractivity contribution in [3.05, 3.63) is 16.6 Å². The number of nitrogens with one attached hydrogen (secondary N) is 1. The van der Waals surface area contributed by atoms with Gasteiger partial charge < -0.3 is 5.32 Å². The predicted molar refractivity (Wildman–Crippen MR) is 72.7 cm³/mol. The maximum absolute atomic E-state index is 4.24. The van der Waals surface area contributed by atoms with Gasteiger partial charge in [0.1, 0.15) is 5.01 Å². The number of tetrazole rings is 1. The molecular weight excluding hydrogens is 268 g/mol. The number of hydrogen-bond donors (Lipinski definition) is 1. The van der Waals surface area contributed by atoms with E-state index in [-0.39, 0.29) is 0 Å². The minimum absolute atomic E-state index is 0.799. The summed E-state index contributed by atoms with van der Waals surface area (Å²) < 4.78 is 1.83. The summed E-state index contributed by atoms with van der Waals surface area (Å²) >= 11 is 3.28. The van der Waals surface area contributed by atoms with E-state index in [4.69, 9.17) is 0 Å². The van der Waals surface area contributed by atoms with Crippen LogP contribution in [0.25, 0.3) is 0 Å². The molecule has 0 amide bonds. The minimum atomic E-state index is 0.799. The first-order chi connectivity index (χ1) is 8.90. The molecular formula is C10H16N6S2. The van der Waals surface area contributed by atoms with Crippen molar-refractivity contribution in [3.8, 4) is 0 Å². The van der Waals surface area contributed by atoms with Gasteiger partial charge in [-0.15, -0.1) is 16.4 Å². The fraction of sp³-hybridized carbons (Fsp3) is 0.600. The lowest BCUT2D eigenvalue weighted by molar-refractivity contribution is 0.510. The van der Waals surface area contributed by atoms with Gasteiger partial charge in [0, 0.05) is 18.1 Å². The molecule has 0 unspecified atom stereocenters. The molecule has 0 aliphatic heterocycles. The average Bonchev–Trinajstić information content (AvgIpc) is 3.03.